The lowest BCUT2D eigenvalue weighted by Crippen LogP contribution is -1.95. The van der Waals surface area contributed by atoms with Crippen LogP contribution in [0.1, 0.15) is 5.56 Å². The molecule has 0 amide bonds. The maximum absolute atomic E-state index is 12.5. The molecule has 0 aliphatic rings. The standard InChI is InChI=1S/C8H5FN2O/c9-7-4-6(2-1-3-12)8(10)11-5-7/h3-5H,(H2,10,11). The van der Waals surface area contributed by atoms with Crippen LogP contribution in [0.3, 0.4) is 0 Å². The molecular formula is C8H5FN2O. The van der Waals surface area contributed by atoms with Crippen LogP contribution in [0.2, 0.25) is 0 Å². The normalized spacial score (nSPS) is 8.42. The fourth-order valence-electron chi connectivity index (χ4n) is 0.657. The molecule has 12 heavy (non-hydrogen) atoms. The van der Waals surface area contributed by atoms with E-state index in [2.05, 4.69) is 16.8 Å². The number of halogens is 1. The number of hydrogen-bond donors (Lipinski definition) is 1. The Hall–Kier alpha value is -1.89. The van der Waals surface area contributed by atoms with E-state index in [0.717, 1.165) is 12.3 Å². The zero-order valence-electron chi connectivity index (χ0n) is 6.04. The van der Waals surface area contributed by atoms with Crippen molar-refractivity contribution in [2.24, 2.45) is 0 Å². The highest BCUT2D eigenvalue weighted by atomic mass is 19.1. The number of pyridine rings is 1. The second kappa shape index (κ2) is 3.49. The minimum Gasteiger partial charge on any atom is -0.383 e. The summed E-state index contributed by atoms with van der Waals surface area (Å²) in [5, 5.41) is 0. The third-order valence-corrected chi connectivity index (χ3v) is 1.15. The molecule has 1 heterocycles. The number of aldehydes is 1. The largest absolute Gasteiger partial charge is 0.383 e. The summed E-state index contributed by atoms with van der Waals surface area (Å²) < 4.78 is 12.5. The molecule has 3 nitrogen and oxygen atoms in total. The molecule has 0 aliphatic carbocycles. The van der Waals surface area contributed by atoms with Crippen LogP contribution in [0.5, 0.6) is 0 Å². The number of nitrogens with zero attached hydrogens (tertiary/aromatic N) is 1. The van der Waals surface area contributed by atoms with Gasteiger partial charge in [-0.3, -0.25) is 4.79 Å². The number of carbonyl (C=O) groups is 1. The van der Waals surface area contributed by atoms with E-state index >= 15 is 0 Å². The van der Waals surface area contributed by atoms with Crippen molar-refractivity contribution in [2.75, 3.05) is 5.73 Å². The molecule has 0 unspecified atom stereocenters. The van der Waals surface area contributed by atoms with Gasteiger partial charge < -0.3 is 5.73 Å². The SMILES string of the molecule is Nc1ncc(F)cc1C#CC=O. The van der Waals surface area contributed by atoms with Crippen molar-refractivity contribution in [2.45, 2.75) is 0 Å². The van der Waals surface area contributed by atoms with E-state index in [4.69, 9.17) is 5.73 Å². The van der Waals surface area contributed by atoms with Crippen molar-refractivity contribution >= 4 is 12.1 Å². The molecule has 0 atom stereocenters. The number of carbonyl (C=O) groups excluding carboxylic acids is 1. The molecule has 2 N–H and O–H groups in total. The van der Waals surface area contributed by atoms with Gasteiger partial charge in [-0.25, -0.2) is 9.37 Å². The molecule has 0 aromatic carbocycles. The van der Waals surface area contributed by atoms with E-state index in [1.807, 2.05) is 0 Å². The monoisotopic (exact) mass is 164 g/mol. The number of hydrogen-bond acceptors (Lipinski definition) is 3. The fraction of sp³-hybridized carbons (Fsp3) is 0. The molecule has 1 aromatic heterocycles. The van der Waals surface area contributed by atoms with E-state index in [1.54, 1.807) is 0 Å². The van der Waals surface area contributed by atoms with Crippen LogP contribution in [0, 0.1) is 17.7 Å². The molecule has 0 fully saturated rings. The predicted octanol–water partition coefficient (Wildman–Crippen LogP) is 0.353. The summed E-state index contributed by atoms with van der Waals surface area (Å²) in [4.78, 5) is 13.4. The van der Waals surface area contributed by atoms with Gasteiger partial charge in [0.2, 0.25) is 0 Å². The molecule has 4 heteroatoms. The quantitative estimate of drug-likeness (QED) is 0.444. The van der Waals surface area contributed by atoms with Crippen molar-refractivity contribution < 1.29 is 9.18 Å². The average molecular weight is 164 g/mol. The van der Waals surface area contributed by atoms with Crippen molar-refractivity contribution in [1.82, 2.24) is 4.98 Å². The van der Waals surface area contributed by atoms with Gasteiger partial charge in [-0.05, 0) is 12.0 Å². The Balaban J connectivity index is 3.13. The van der Waals surface area contributed by atoms with Gasteiger partial charge in [0, 0.05) is 0 Å². The molecule has 0 spiro atoms. The first-order chi connectivity index (χ1) is 5.74. The Morgan fingerprint density at radius 3 is 3.08 bits per heavy atom. The first kappa shape index (κ1) is 8.21. The van der Waals surface area contributed by atoms with E-state index in [-0.39, 0.29) is 11.4 Å². The first-order valence-corrected chi connectivity index (χ1v) is 3.10. The van der Waals surface area contributed by atoms with Gasteiger partial charge in [0.05, 0.1) is 11.8 Å². The molecule has 0 saturated carbocycles. The molecule has 0 radical (unpaired) electrons. The Bertz CT molecular complexity index is 365. The maximum Gasteiger partial charge on any atom is 0.193 e. The summed E-state index contributed by atoms with van der Waals surface area (Å²) in [6.07, 6.45) is 1.39. The maximum atomic E-state index is 12.5. The van der Waals surface area contributed by atoms with Crippen LogP contribution in [0.25, 0.3) is 0 Å². The van der Waals surface area contributed by atoms with Crippen LogP contribution < -0.4 is 5.73 Å². The number of nitrogen functional groups attached to an aromatic ring is 1. The highest BCUT2D eigenvalue weighted by Gasteiger charge is 1.97. The van der Waals surface area contributed by atoms with Gasteiger partial charge in [-0.2, -0.15) is 0 Å². The van der Waals surface area contributed by atoms with Crippen molar-refractivity contribution in [3.8, 4) is 11.8 Å². The van der Waals surface area contributed by atoms with Crippen molar-refractivity contribution in [3.05, 3.63) is 23.6 Å². The second-order valence-corrected chi connectivity index (χ2v) is 1.97. The highest BCUT2D eigenvalue weighted by molar-refractivity contribution is 5.74. The highest BCUT2D eigenvalue weighted by Crippen LogP contribution is 2.07. The Morgan fingerprint density at radius 1 is 1.67 bits per heavy atom. The smallest absolute Gasteiger partial charge is 0.193 e. The molecule has 0 bridgehead atoms. The van der Waals surface area contributed by atoms with Crippen LogP contribution in [0.15, 0.2) is 12.3 Å². The summed E-state index contributed by atoms with van der Waals surface area (Å²) in [5.41, 5.74) is 5.56. The average Bonchev–Trinajstić information content (AvgIpc) is 2.07. The number of nitrogens with two attached hydrogens (primary N) is 1. The summed E-state index contributed by atoms with van der Waals surface area (Å²) in [7, 11) is 0. The van der Waals surface area contributed by atoms with Gasteiger partial charge in [0.25, 0.3) is 0 Å². The van der Waals surface area contributed by atoms with Gasteiger partial charge >= 0.3 is 0 Å². The second-order valence-electron chi connectivity index (χ2n) is 1.97. The zero-order chi connectivity index (χ0) is 8.97. The Morgan fingerprint density at radius 2 is 2.42 bits per heavy atom. The van der Waals surface area contributed by atoms with Gasteiger partial charge in [-0.15, -0.1) is 0 Å². The third kappa shape index (κ3) is 1.80. The lowest BCUT2D eigenvalue weighted by Gasteiger charge is -1.94. The van der Waals surface area contributed by atoms with E-state index in [1.165, 1.54) is 0 Å². The van der Waals surface area contributed by atoms with E-state index in [0.29, 0.717) is 6.29 Å². The topological polar surface area (TPSA) is 56.0 Å². The van der Waals surface area contributed by atoms with Gasteiger partial charge in [-0.1, -0.05) is 5.92 Å². The Kier molecular flexibility index (Phi) is 2.38. The van der Waals surface area contributed by atoms with Crippen molar-refractivity contribution in [1.29, 1.82) is 0 Å². The lowest BCUT2D eigenvalue weighted by molar-refractivity contribution is -0.103. The van der Waals surface area contributed by atoms with Crippen LogP contribution in [-0.2, 0) is 4.79 Å². The van der Waals surface area contributed by atoms with Crippen LogP contribution in [0.4, 0.5) is 10.2 Å². The Labute approximate surface area is 68.4 Å². The van der Waals surface area contributed by atoms with Crippen molar-refractivity contribution in [3.63, 3.8) is 0 Å². The molecule has 0 saturated heterocycles. The summed E-state index contributed by atoms with van der Waals surface area (Å²) in [6, 6.07) is 1.12. The summed E-state index contributed by atoms with van der Waals surface area (Å²) in [6.45, 7) is 0. The molecular weight excluding hydrogens is 159 g/mol. The van der Waals surface area contributed by atoms with Crippen LogP contribution in [-0.4, -0.2) is 11.3 Å². The molecule has 1 rings (SSSR count). The number of rotatable bonds is 0. The molecule has 1 aromatic rings. The first-order valence-electron chi connectivity index (χ1n) is 3.10. The number of aromatic nitrogens is 1. The van der Waals surface area contributed by atoms with E-state index < -0.39 is 5.82 Å². The predicted molar refractivity (Wildman–Crippen MR) is 41.5 cm³/mol. The number of anilines is 1. The molecule has 0 aliphatic heterocycles. The minimum absolute atomic E-state index is 0.116. The van der Waals surface area contributed by atoms with E-state index in [9.17, 15) is 9.18 Å². The third-order valence-electron chi connectivity index (χ3n) is 1.15. The van der Waals surface area contributed by atoms with Gasteiger partial charge in [0.1, 0.15) is 11.6 Å². The minimum atomic E-state index is -0.528. The lowest BCUT2D eigenvalue weighted by atomic mass is 10.2. The fourth-order valence-corrected chi connectivity index (χ4v) is 0.657. The summed E-state index contributed by atoms with van der Waals surface area (Å²) >= 11 is 0. The van der Waals surface area contributed by atoms with Crippen LogP contribution >= 0.6 is 0 Å². The molecule has 60 valence electrons. The zero-order valence-corrected chi connectivity index (χ0v) is 6.04. The van der Waals surface area contributed by atoms with Gasteiger partial charge in [0.15, 0.2) is 6.29 Å². The summed E-state index contributed by atoms with van der Waals surface area (Å²) in [5.74, 6) is 4.06.